The van der Waals surface area contributed by atoms with Gasteiger partial charge in [-0.25, -0.2) is 0 Å². The molecule has 1 aromatic carbocycles. The van der Waals surface area contributed by atoms with Gasteiger partial charge in [0.15, 0.2) is 11.5 Å². The van der Waals surface area contributed by atoms with Gasteiger partial charge in [-0.1, -0.05) is 0 Å². The second-order valence-corrected chi connectivity index (χ2v) is 6.07. The van der Waals surface area contributed by atoms with Crippen LogP contribution in [0.15, 0.2) is 0 Å². The van der Waals surface area contributed by atoms with Gasteiger partial charge in [-0.3, -0.25) is 4.79 Å². The van der Waals surface area contributed by atoms with E-state index >= 15 is 0 Å². The number of fused-ring (bicyclic) bond motifs is 3. The number of aromatic hydroxyl groups is 2. The van der Waals surface area contributed by atoms with Crippen molar-refractivity contribution >= 4 is 5.97 Å². The zero-order valence-electron chi connectivity index (χ0n) is 11.8. The van der Waals surface area contributed by atoms with Crippen LogP contribution < -0.4 is 4.74 Å². The standard InChI is InChI=1S/C15H18O5/c1-7-11-9(6-10(16)19-7)8-4-5-15(2,3)20-14(8)13(18)12(11)17/h7,17-18H,4-6H2,1-3H3. The molecule has 1 unspecified atom stereocenters. The molecule has 2 aliphatic heterocycles. The zero-order valence-corrected chi connectivity index (χ0v) is 11.8. The molecular weight excluding hydrogens is 260 g/mol. The Morgan fingerprint density at radius 3 is 2.60 bits per heavy atom. The maximum Gasteiger partial charge on any atom is 0.310 e. The van der Waals surface area contributed by atoms with Gasteiger partial charge >= 0.3 is 5.97 Å². The average molecular weight is 278 g/mol. The van der Waals surface area contributed by atoms with Gasteiger partial charge in [-0.2, -0.15) is 0 Å². The van der Waals surface area contributed by atoms with Crippen molar-refractivity contribution in [2.24, 2.45) is 0 Å². The van der Waals surface area contributed by atoms with E-state index in [0.717, 1.165) is 17.5 Å². The Morgan fingerprint density at radius 2 is 1.90 bits per heavy atom. The predicted octanol–water partition coefficient (Wildman–Crippen LogP) is 2.36. The normalized spacial score (nSPS) is 23.4. The number of benzene rings is 1. The maximum absolute atomic E-state index is 11.6. The number of carbonyl (C=O) groups excluding carboxylic acids is 1. The van der Waals surface area contributed by atoms with Crippen LogP contribution in [0.3, 0.4) is 0 Å². The summed E-state index contributed by atoms with van der Waals surface area (Å²) < 4.78 is 10.9. The van der Waals surface area contributed by atoms with Gasteiger partial charge in [0, 0.05) is 11.1 Å². The van der Waals surface area contributed by atoms with Crippen molar-refractivity contribution in [2.45, 2.75) is 51.7 Å². The first kappa shape index (κ1) is 13.1. The van der Waals surface area contributed by atoms with Crippen LogP contribution in [0.2, 0.25) is 0 Å². The quantitative estimate of drug-likeness (QED) is 0.563. The molecule has 0 saturated carbocycles. The van der Waals surface area contributed by atoms with Gasteiger partial charge < -0.3 is 19.7 Å². The molecule has 108 valence electrons. The Balaban J connectivity index is 2.25. The molecule has 1 aromatic rings. The topological polar surface area (TPSA) is 76.0 Å². The maximum atomic E-state index is 11.6. The molecule has 0 radical (unpaired) electrons. The van der Waals surface area contributed by atoms with E-state index in [-0.39, 0.29) is 23.9 Å². The van der Waals surface area contributed by atoms with Crippen molar-refractivity contribution in [3.05, 3.63) is 16.7 Å². The smallest absolute Gasteiger partial charge is 0.310 e. The number of rotatable bonds is 0. The summed E-state index contributed by atoms with van der Waals surface area (Å²) in [5.74, 6) is -0.505. The number of carbonyl (C=O) groups is 1. The lowest BCUT2D eigenvalue weighted by molar-refractivity contribution is -0.149. The minimum absolute atomic E-state index is 0.111. The van der Waals surface area contributed by atoms with E-state index in [1.165, 1.54) is 0 Å². The molecule has 5 nitrogen and oxygen atoms in total. The molecule has 5 heteroatoms. The van der Waals surface area contributed by atoms with Crippen LogP contribution >= 0.6 is 0 Å². The fourth-order valence-corrected chi connectivity index (χ4v) is 3.03. The largest absolute Gasteiger partial charge is 0.504 e. The van der Waals surface area contributed by atoms with E-state index in [1.807, 2.05) is 13.8 Å². The highest BCUT2D eigenvalue weighted by molar-refractivity contribution is 5.79. The van der Waals surface area contributed by atoms with E-state index in [0.29, 0.717) is 17.7 Å². The second-order valence-electron chi connectivity index (χ2n) is 6.07. The number of phenolic OH excluding ortho intramolecular Hbond substituents is 2. The molecule has 0 aliphatic carbocycles. The van der Waals surface area contributed by atoms with E-state index in [2.05, 4.69) is 0 Å². The van der Waals surface area contributed by atoms with Crippen LogP contribution in [-0.4, -0.2) is 21.8 Å². The van der Waals surface area contributed by atoms with Crippen molar-refractivity contribution in [3.8, 4) is 17.2 Å². The Hall–Kier alpha value is -1.91. The molecule has 0 saturated heterocycles. The summed E-state index contributed by atoms with van der Waals surface area (Å²) in [7, 11) is 0. The summed E-state index contributed by atoms with van der Waals surface area (Å²) in [4.78, 5) is 11.6. The Bertz CT molecular complexity index is 603. The van der Waals surface area contributed by atoms with Gasteiger partial charge in [0.1, 0.15) is 11.7 Å². The van der Waals surface area contributed by atoms with Crippen LogP contribution in [-0.2, 0) is 22.4 Å². The summed E-state index contributed by atoms with van der Waals surface area (Å²) in [5, 5.41) is 20.4. The molecule has 2 N–H and O–H groups in total. The molecule has 2 aliphatic rings. The van der Waals surface area contributed by atoms with E-state index in [9.17, 15) is 15.0 Å². The molecule has 0 amide bonds. The average Bonchev–Trinajstić information content (AvgIpc) is 2.34. The van der Waals surface area contributed by atoms with Gasteiger partial charge in [0.25, 0.3) is 0 Å². The third-order valence-electron chi connectivity index (χ3n) is 4.05. The number of phenols is 2. The lowest BCUT2D eigenvalue weighted by atomic mass is 9.85. The highest BCUT2D eigenvalue weighted by Crippen LogP contribution is 2.51. The second kappa shape index (κ2) is 4.04. The molecule has 0 spiro atoms. The molecule has 0 bridgehead atoms. The molecule has 0 aromatic heterocycles. The summed E-state index contributed by atoms with van der Waals surface area (Å²) >= 11 is 0. The Kier molecular flexibility index (Phi) is 2.64. The van der Waals surface area contributed by atoms with E-state index in [1.54, 1.807) is 6.92 Å². The highest BCUT2D eigenvalue weighted by atomic mass is 16.5. The monoisotopic (exact) mass is 278 g/mol. The van der Waals surface area contributed by atoms with Crippen LogP contribution in [0.4, 0.5) is 0 Å². The molecule has 2 heterocycles. The number of hydrogen-bond acceptors (Lipinski definition) is 5. The van der Waals surface area contributed by atoms with Crippen molar-refractivity contribution in [1.82, 2.24) is 0 Å². The minimum atomic E-state index is -0.558. The summed E-state index contributed by atoms with van der Waals surface area (Å²) in [6.07, 6.45) is 1.05. The van der Waals surface area contributed by atoms with Crippen molar-refractivity contribution in [3.63, 3.8) is 0 Å². The number of ether oxygens (including phenoxy) is 2. The van der Waals surface area contributed by atoms with Crippen molar-refractivity contribution in [2.75, 3.05) is 0 Å². The first-order valence-electron chi connectivity index (χ1n) is 6.78. The molecular formula is C15H18O5. The van der Waals surface area contributed by atoms with Crippen LogP contribution in [0, 0.1) is 0 Å². The number of esters is 1. The van der Waals surface area contributed by atoms with Gasteiger partial charge in [-0.05, 0) is 39.2 Å². The predicted molar refractivity (Wildman–Crippen MR) is 71.0 cm³/mol. The number of hydrogen-bond donors (Lipinski definition) is 2. The summed E-state index contributed by atoms with van der Waals surface area (Å²) in [6.45, 7) is 5.56. The first-order chi connectivity index (χ1) is 9.30. The third-order valence-corrected chi connectivity index (χ3v) is 4.05. The Morgan fingerprint density at radius 1 is 1.20 bits per heavy atom. The lowest BCUT2D eigenvalue weighted by Crippen LogP contribution is -2.34. The fraction of sp³-hybridized carbons (Fsp3) is 0.533. The van der Waals surface area contributed by atoms with Gasteiger partial charge in [0.2, 0.25) is 5.75 Å². The van der Waals surface area contributed by atoms with Crippen LogP contribution in [0.5, 0.6) is 17.2 Å². The number of cyclic esters (lactones) is 1. The summed E-state index contributed by atoms with van der Waals surface area (Å²) in [6, 6.07) is 0. The van der Waals surface area contributed by atoms with E-state index < -0.39 is 11.7 Å². The third kappa shape index (κ3) is 1.80. The van der Waals surface area contributed by atoms with Crippen LogP contribution in [0.25, 0.3) is 0 Å². The fourth-order valence-electron chi connectivity index (χ4n) is 3.03. The first-order valence-corrected chi connectivity index (χ1v) is 6.78. The molecule has 0 fully saturated rings. The molecule has 20 heavy (non-hydrogen) atoms. The SMILES string of the molecule is CC1OC(=O)Cc2c3c(c(O)c(O)c21)OC(C)(C)CC3. The molecule has 1 atom stereocenters. The van der Waals surface area contributed by atoms with Crippen molar-refractivity contribution in [1.29, 1.82) is 0 Å². The summed E-state index contributed by atoms with van der Waals surface area (Å²) in [5.41, 5.74) is 1.67. The van der Waals surface area contributed by atoms with E-state index in [4.69, 9.17) is 9.47 Å². The van der Waals surface area contributed by atoms with Gasteiger partial charge in [0.05, 0.1) is 6.42 Å². The minimum Gasteiger partial charge on any atom is -0.504 e. The Labute approximate surface area is 117 Å². The highest BCUT2D eigenvalue weighted by Gasteiger charge is 2.38. The zero-order chi connectivity index (χ0) is 14.7. The lowest BCUT2D eigenvalue weighted by Gasteiger charge is -2.36. The van der Waals surface area contributed by atoms with Gasteiger partial charge in [-0.15, -0.1) is 0 Å². The molecule has 3 rings (SSSR count). The van der Waals surface area contributed by atoms with Crippen LogP contribution in [0.1, 0.15) is 50.0 Å². The van der Waals surface area contributed by atoms with Crippen molar-refractivity contribution < 1.29 is 24.5 Å².